The lowest BCUT2D eigenvalue weighted by atomic mass is 10.1. The zero-order valence-corrected chi connectivity index (χ0v) is 13.8. The van der Waals surface area contributed by atoms with Crippen LogP contribution in [0.3, 0.4) is 0 Å². The second-order valence-electron chi connectivity index (χ2n) is 4.91. The number of carbonyl (C=O) groups excluding carboxylic acids is 2. The fraction of sp³-hybridized carbons (Fsp3) is 0.231. The third-order valence-corrected chi connectivity index (χ3v) is 5.86. The lowest BCUT2D eigenvalue weighted by Crippen LogP contribution is -2.23. The number of thiophene rings is 1. The Hall–Kier alpha value is -1.36. The van der Waals surface area contributed by atoms with E-state index in [2.05, 4.69) is 4.74 Å². The standard InChI is InChI=1S/C13H13ClNO4PS/c1-20(2,18)11(12(16)19-13(15)17)9-6-21-10-4-3-7(14)5-8(9)10/h3-6,11H,1-2H3,(H2,15,17). The molecule has 0 aliphatic rings. The monoisotopic (exact) mass is 345 g/mol. The molecule has 0 saturated carbocycles. The Morgan fingerprint density at radius 2 is 2.05 bits per heavy atom. The van der Waals surface area contributed by atoms with E-state index < -0.39 is 24.9 Å². The molecular formula is C13H13ClNO4PS. The van der Waals surface area contributed by atoms with Crippen molar-refractivity contribution in [3.8, 4) is 0 Å². The summed E-state index contributed by atoms with van der Waals surface area (Å²) >= 11 is 7.38. The minimum Gasteiger partial charge on any atom is -0.376 e. The van der Waals surface area contributed by atoms with E-state index in [1.165, 1.54) is 24.7 Å². The topological polar surface area (TPSA) is 86.5 Å². The number of amides is 1. The van der Waals surface area contributed by atoms with E-state index in [1.54, 1.807) is 17.5 Å². The Labute approximate surface area is 130 Å². The van der Waals surface area contributed by atoms with Crippen LogP contribution in [0.5, 0.6) is 0 Å². The molecule has 2 rings (SSSR count). The van der Waals surface area contributed by atoms with Gasteiger partial charge in [-0.15, -0.1) is 11.3 Å². The van der Waals surface area contributed by atoms with E-state index in [0.717, 1.165) is 10.1 Å². The van der Waals surface area contributed by atoms with E-state index in [1.807, 2.05) is 6.07 Å². The molecule has 2 N–H and O–H groups in total. The molecule has 0 aliphatic carbocycles. The number of fused-ring (bicyclic) bond motifs is 1. The molecule has 1 amide bonds. The van der Waals surface area contributed by atoms with Crippen molar-refractivity contribution in [2.75, 3.05) is 13.3 Å². The van der Waals surface area contributed by atoms with Gasteiger partial charge in [-0.05, 0) is 47.9 Å². The van der Waals surface area contributed by atoms with Crippen LogP contribution in [-0.4, -0.2) is 25.4 Å². The number of nitrogens with two attached hydrogens (primary N) is 1. The van der Waals surface area contributed by atoms with Crippen LogP contribution in [0.1, 0.15) is 11.2 Å². The van der Waals surface area contributed by atoms with Crippen molar-refractivity contribution in [2.24, 2.45) is 5.73 Å². The highest BCUT2D eigenvalue weighted by molar-refractivity contribution is 7.63. The van der Waals surface area contributed by atoms with Gasteiger partial charge in [-0.1, -0.05) is 11.6 Å². The molecule has 0 spiro atoms. The van der Waals surface area contributed by atoms with Crippen LogP contribution in [-0.2, 0) is 14.1 Å². The number of primary amides is 1. The minimum atomic E-state index is -2.92. The highest BCUT2D eigenvalue weighted by atomic mass is 35.5. The number of halogens is 1. The maximum Gasteiger partial charge on any atom is 0.412 e. The van der Waals surface area contributed by atoms with E-state index in [4.69, 9.17) is 17.3 Å². The second kappa shape index (κ2) is 5.79. The molecule has 5 nitrogen and oxygen atoms in total. The summed E-state index contributed by atoms with van der Waals surface area (Å²) in [5.74, 6) is -0.907. The van der Waals surface area contributed by atoms with Gasteiger partial charge in [0, 0.05) is 9.72 Å². The van der Waals surface area contributed by atoms with Crippen LogP contribution < -0.4 is 5.73 Å². The fourth-order valence-electron chi connectivity index (χ4n) is 2.10. The lowest BCUT2D eigenvalue weighted by Gasteiger charge is -2.18. The Morgan fingerprint density at radius 3 is 2.62 bits per heavy atom. The summed E-state index contributed by atoms with van der Waals surface area (Å²) in [6.07, 6.45) is -1.21. The van der Waals surface area contributed by atoms with Gasteiger partial charge in [0.05, 0.1) is 7.14 Å². The molecule has 1 atom stereocenters. The lowest BCUT2D eigenvalue weighted by molar-refractivity contribution is -0.136. The molecule has 8 heteroatoms. The smallest absolute Gasteiger partial charge is 0.376 e. The van der Waals surface area contributed by atoms with Crippen LogP contribution in [0, 0.1) is 0 Å². The van der Waals surface area contributed by atoms with Crippen LogP contribution in [0.2, 0.25) is 5.02 Å². The first-order chi connectivity index (χ1) is 9.70. The molecule has 1 aromatic heterocycles. The first-order valence-corrected chi connectivity index (χ1v) is 9.85. The van der Waals surface area contributed by atoms with Crippen molar-refractivity contribution in [3.05, 3.63) is 34.2 Å². The van der Waals surface area contributed by atoms with Gasteiger partial charge in [-0.25, -0.2) is 4.79 Å². The van der Waals surface area contributed by atoms with Gasteiger partial charge in [-0.3, -0.25) is 4.79 Å². The van der Waals surface area contributed by atoms with Crippen LogP contribution in [0.15, 0.2) is 23.6 Å². The molecule has 1 heterocycles. The van der Waals surface area contributed by atoms with Gasteiger partial charge in [0.25, 0.3) is 0 Å². The minimum absolute atomic E-state index is 0.506. The maximum atomic E-state index is 12.5. The molecule has 1 unspecified atom stereocenters. The number of benzene rings is 1. The summed E-state index contributed by atoms with van der Waals surface area (Å²) in [7, 11) is -2.92. The number of ether oxygens (including phenoxy) is 1. The first-order valence-electron chi connectivity index (χ1n) is 5.92. The third kappa shape index (κ3) is 3.46. The van der Waals surface area contributed by atoms with Crippen molar-refractivity contribution in [1.29, 1.82) is 0 Å². The molecule has 0 fully saturated rings. The van der Waals surface area contributed by atoms with Gasteiger partial charge in [0.15, 0.2) is 0 Å². The van der Waals surface area contributed by atoms with Crippen molar-refractivity contribution in [2.45, 2.75) is 5.66 Å². The van der Waals surface area contributed by atoms with Gasteiger partial charge < -0.3 is 15.0 Å². The Kier molecular flexibility index (Phi) is 4.42. The Morgan fingerprint density at radius 1 is 1.38 bits per heavy atom. The highest BCUT2D eigenvalue weighted by Crippen LogP contribution is 2.55. The summed E-state index contributed by atoms with van der Waals surface area (Å²) in [6, 6.07) is 5.25. The summed E-state index contributed by atoms with van der Waals surface area (Å²) in [5.41, 5.74) is 4.37. The second-order valence-corrected chi connectivity index (χ2v) is 9.64. The molecule has 1 aromatic carbocycles. The summed E-state index contributed by atoms with van der Waals surface area (Å²) in [4.78, 5) is 22.9. The van der Waals surface area contributed by atoms with E-state index in [0.29, 0.717) is 10.6 Å². The average molecular weight is 346 g/mol. The van der Waals surface area contributed by atoms with Crippen molar-refractivity contribution in [3.63, 3.8) is 0 Å². The van der Waals surface area contributed by atoms with Gasteiger partial charge in [-0.2, -0.15) is 0 Å². The van der Waals surface area contributed by atoms with Gasteiger partial charge in [0.1, 0.15) is 5.66 Å². The van der Waals surface area contributed by atoms with E-state index in [-0.39, 0.29) is 0 Å². The number of esters is 1. The zero-order valence-electron chi connectivity index (χ0n) is 11.3. The third-order valence-electron chi connectivity index (χ3n) is 2.91. The molecule has 112 valence electrons. The highest BCUT2D eigenvalue weighted by Gasteiger charge is 2.36. The predicted octanol–water partition coefficient (Wildman–Crippen LogP) is 3.84. The quantitative estimate of drug-likeness (QED) is 0.520. The van der Waals surface area contributed by atoms with E-state index in [9.17, 15) is 14.2 Å². The average Bonchev–Trinajstić information content (AvgIpc) is 2.69. The summed E-state index contributed by atoms with van der Waals surface area (Å²) in [5, 5.41) is 2.96. The largest absolute Gasteiger partial charge is 0.412 e. The number of rotatable bonds is 3. The molecule has 0 aliphatic heterocycles. The van der Waals surface area contributed by atoms with E-state index >= 15 is 0 Å². The summed E-state index contributed by atoms with van der Waals surface area (Å²) < 4.78 is 17.8. The fourth-order valence-corrected chi connectivity index (χ4v) is 4.79. The normalized spacial score (nSPS) is 13.1. The molecule has 0 radical (unpaired) electrons. The van der Waals surface area contributed by atoms with Crippen molar-refractivity contribution < 1.29 is 18.9 Å². The van der Waals surface area contributed by atoms with Crippen molar-refractivity contribution in [1.82, 2.24) is 0 Å². The number of hydrogen-bond acceptors (Lipinski definition) is 5. The van der Waals surface area contributed by atoms with Gasteiger partial charge >= 0.3 is 12.1 Å². The maximum absolute atomic E-state index is 12.5. The van der Waals surface area contributed by atoms with Crippen molar-refractivity contribution >= 4 is 52.2 Å². The number of carbonyl (C=O) groups is 2. The number of hydrogen-bond donors (Lipinski definition) is 1. The molecule has 0 bridgehead atoms. The predicted molar refractivity (Wildman–Crippen MR) is 84.7 cm³/mol. The SMILES string of the molecule is CP(C)(=O)C(C(=O)OC(N)=O)c1csc2ccc(Cl)cc12. The molecule has 21 heavy (non-hydrogen) atoms. The molecular weight excluding hydrogens is 333 g/mol. The van der Waals surface area contributed by atoms with Gasteiger partial charge in [0.2, 0.25) is 0 Å². The molecule has 2 aromatic rings. The Bertz CT molecular complexity index is 767. The van der Waals surface area contributed by atoms with Crippen LogP contribution >= 0.6 is 30.1 Å². The zero-order chi connectivity index (χ0) is 15.8. The van der Waals surface area contributed by atoms with Crippen LogP contribution in [0.25, 0.3) is 10.1 Å². The van der Waals surface area contributed by atoms with Crippen LogP contribution in [0.4, 0.5) is 4.79 Å². The first kappa shape index (κ1) is 16.0. The summed E-state index contributed by atoms with van der Waals surface area (Å²) in [6.45, 7) is 2.93. The molecule has 0 saturated heterocycles. The Balaban J connectivity index is 2.59.